The molecule has 1 heterocycles. The zero-order valence-electron chi connectivity index (χ0n) is 18.6. The Hall–Kier alpha value is -4.64. The van der Waals surface area contributed by atoms with Crippen LogP contribution in [0.1, 0.15) is 6.92 Å². The van der Waals surface area contributed by atoms with E-state index in [1.807, 2.05) is 60.7 Å². The summed E-state index contributed by atoms with van der Waals surface area (Å²) in [6, 6.07) is 26.2. The number of carbonyl (C=O) groups is 2. The standard InChI is InChI=1S/C29H22O5/c1-4-28(30)32-24-15-11-23(12-16-24)27-18-17-26(34-27)22-7-5-20(6-8-22)21-9-13-25(14-10-21)33-29(31)19(2)3/h4-18H,1-2H2,3H3. The van der Waals surface area contributed by atoms with Crippen molar-refractivity contribution in [2.24, 2.45) is 0 Å². The van der Waals surface area contributed by atoms with E-state index in [0.717, 1.165) is 34.1 Å². The van der Waals surface area contributed by atoms with Crippen LogP contribution in [0.4, 0.5) is 0 Å². The minimum absolute atomic E-state index is 0.354. The van der Waals surface area contributed by atoms with E-state index >= 15 is 0 Å². The smallest absolute Gasteiger partial charge is 0.338 e. The Morgan fingerprint density at radius 2 is 1.09 bits per heavy atom. The SMILES string of the molecule is C=CC(=O)Oc1ccc(-c2ccc(-c3ccc(-c4ccc(OC(=O)C(=C)C)cc4)cc3)o2)cc1. The van der Waals surface area contributed by atoms with E-state index in [4.69, 9.17) is 13.9 Å². The van der Waals surface area contributed by atoms with E-state index in [1.165, 1.54) is 0 Å². The van der Waals surface area contributed by atoms with Gasteiger partial charge < -0.3 is 13.9 Å². The van der Waals surface area contributed by atoms with Crippen molar-refractivity contribution in [1.29, 1.82) is 0 Å². The first-order valence-electron chi connectivity index (χ1n) is 10.6. The molecular formula is C29H22O5. The third kappa shape index (κ3) is 5.22. The molecule has 0 atom stereocenters. The predicted octanol–water partition coefficient (Wildman–Crippen LogP) is 6.85. The molecule has 0 spiro atoms. The van der Waals surface area contributed by atoms with Crippen molar-refractivity contribution in [3.8, 4) is 45.3 Å². The van der Waals surface area contributed by atoms with Gasteiger partial charge in [0.05, 0.1) is 0 Å². The van der Waals surface area contributed by atoms with Crippen LogP contribution in [0.5, 0.6) is 11.5 Å². The van der Waals surface area contributed by atoms with Gasteiger partial charge in [-0.05, 0) is 66.6 Å². The van der Waals surface area contributed by atoms with E-state index in [-0.39, 0.29) is 0 Å². The lowest BCUT2D eigenvalue weighted by Crippen LogP contribution is -2.07. The van der Waals surface area contributed by atoms with Crippen molar-refractivity contribution < 1.29 is 23.5 Å². The van der Waals surface area contributed by atoms with Gasteiger partial charge in [-0.15, -0.1) is 0 Å². The van der Waals surface area contributed by atoms with Crippen LogP contribution in [-0.4, -0.2) is 11.9 Å². The number of rotatable bonds is 7. The average Bonchev–Trinajstić information content (AvgIpc) is 3.35. The molecule has 4 rings (SSSR count). The van der Waals surface area contributed by atoms with Gasteiger partial charge in [0.1, 0.15) is 23.0 Å². The summed E-state index contributed by atoms with van der Waals surface area (Å²) in [6.07, 6.45) is 1.12. The Morgan fingerprint density at radius 3 is 1.56 bits per heavy atom. The van der Waals surface area contributed by atoms with Crippen molar-refractivity contribution in [3.63, 3.8) is 0 Å². The molecule has 0 saturated carbocycles. The van der Waals surface area contributed by atoms with Gasteiger partial charge in [0.15, 0.2) is 0 Å². The molecule has 5 nitrogen and oxygen atoms in total. The Labute approximate surface area is 197 Å². The molecule has 0 aliphatic rings. The molecule has 0 aliphatic carbocycles. The van der Waals surface area contributed by atoms with Gasteiger partial charge in [-0.1, -0.05) is 49.6 Å². The topological polar surface area (TPSA) is 65.7 Å². The maximum absolute atomic E-state index is 11.6. The highest BCUT2D eigenvalue weighted by atomic mass is 16.5. The molecule has 0 amide bonds. The first-order valence-corrected chi connectivity index (χ1v) is 10.6. The van der Waals surface area contributed by atoms with Gasteiger partial charge in [0.25, 0.3) is 0 Å². The van der Waals surface area contributed by atoms with E-state index in [0.29, 0.717) is 22.8 Å². The van der Waals surface area contributed by atoms with Gasteiger partial charge in [0.2, 0.25) is 0 Å². The number of carbonyl (C=O) groups excluding carboxylic acids is 2. The fourth-order valence-corrected chi connectivity index (χ4v) is 3.23. The normalized spacial score (nSPS) is 10.4. The average molecular weight is 450 g/mol. The Bertz CT molecular complexity index is 1340. The van der Waals surface area contributed by atoms with Crippen LogP contribution in [0.25, 0.3) is 33.8 Å². The summed E-state index contributed by atoms with van der Waals surface area (Å²) in [5.41, 5.74) is 4.19. The summed E-state index contributed by atoms with van der Waals surface area (Å²) in [5.74, 6) is 1.42. The number of benzene rings is 3. The highest BCUT2D eigenvalue weighted by Crippen LogP contribution is 2.31. The molecule has 34 heavy (non-hydrogen) atoms. The lowest BCUT2D eigenvalue weighted by atomic mass is 10.0. The second-order valence-electron chi connectivity index (χ2n) is 7.59. The molecule has 5 heteroatoms. The van der Waals surface area contributed by atoms with Crippen molar-refractivity contribution in [3.05, 3.63) is 110 Å². The number of ether oxygens (including phenoxy) is 2. The lowest BCUT2D eigenvalue weighted by molar-refractivity contribution is -0.130. The fourth-order valence-electron chi connectivity index (χ4n) is 3.23. The second kappa shape index (κ2) is 9.88. The third-order valence-corrected chi connectivity index (χ3v) is 5.05. The summed E-state index contributed by atoms with van der Waals surface area (Å²) in [5, 5.41) is 0. The van der Waals surface area contributed by atoms with Crippen molar-refractivity contribution in [2.75, 3.05) is 0 Å². The fraction of sp³-hybridized carbons (Fsp3) is 0.0345. The maximum atomic E-state index is 11.6. The number of esters is 2. The molecule has 4 aromatic rings. The van der Waals surface area contributed by atoms with Gasteiger partial charge in [-0.3, -0.25) is 0 Å². The van der Waals surface area contributed by atoms with Crippen molar-refractivity contribution in [2.45, 2.75) is 6.92 Å². The largest absolute Gasteiger partial charge is 0.456 e. The highest BCUT2D eigenvalue weighted by Gasteiger charge is 2.09. The predicted molar refractivity (Wildman–Crippen MR) is 131 cm³/mol. The first-order chi connectivity index (χ1) is 16.4. The number of hydrogen-bond donors (Lipinski definition) is 0. The maximum Gasteiger partial charge on any atom is 0.338 e. The van der Waals surface area contributed by atoms with Crippen LogP contribution in [-0.2, 0) is 9.59 Å². The molecule has 1 aromatic heterocycles. The van der Waals surface area contributed by atoms with Crippen molar-refractivity contribution >= 4 is 11.9 Å². The Balaban J connectivity index is 1.45. The van der Waals surface area contributed by atoms with Gasteiger partial charge in [-0.25, -0.2) is 9.59 Å². The molecule has 0 unspecified atom stereocenters. The van der Waals surface area contributed by atoms with Crippen LogP contribution in [0, 0.1) is 0 Å². The lowest BCUT2D eigenvalue weighted by Gasteiger charge is -2.06. The summed E-state index contributed by atoms with van der Waals surface area (Å²) >= 11 is 0. The van der Waals surface area contributed by atoms with Gasteiger partial charge in [0, 0.05) is 22.8 Å². The van der Waals surface area contributed by atoms with Crippen LogP contribution < -0.4 is 9.47 Å². The minimum atomic E-state index is -0.501. The molecular weight excluding hydrogens is 428 g/mol. The second-order valence-corrected chi connectivity index (χ2v) is 7.59. The molecule has 0 radical (unpaired) electrons. The summed E-state index contributed by atoms with van der Waals surface area (Å²) < 4.78 is 16.4. The van der Waals surface area contributed by atoms with Crippen LogP contribution in [0.3, 0.4) is 0 Å². The highest BCUT2D eigenvalue weighted by molar-refractivity contribution is 5.88. The van der Waals surface area contributed by atoms with E-state index in [2.05, 4.69) is 13.2 Å². The van der Waals surface area contributed by atoms with E-state index in [9.17, 15) is 9.59 Å². The molecule has 168 valence electrons. The zero-order valence-corrected chi connectivity index (χ0v) is 18.6. The van der Waals surface area contributed by atoms with Crippen molar-refractivity contribution in [1.82, 2.24) is 0 Å². The van der Waals surface area contributed by atoms with E-state index in [1.54, 1.807) is 31.2 Å². The molecule has 0 fully saturated rings. The molecule has 0 saturated heterocycles. The minimum Gasteiger partial charge on any atom is -0.456 e. The monoisotopic (exact) mass is 450 g/mol. The zero-order chi connectivity index (χ0) is 24.1. The van der Waals surface area contributed by atoms with E-state index < -0.39 is 11.9 Å². The number of furan rings is 1. The van der Waals surface area contributed by atoms with Crippen LogP contribution >= 0.6 is 0 Å². The van der Waals surface area contributed by atoms with Gasteiger partial charge in [-0.2, -0.15) is 0 Å². The quantitative estimate of drug-likeness (QED) is 0.175. The first kappa shape index (κ1) is 22.6. The van der Waals surface area contributed by atoms with Gasteiger partial charge >= 0.3 is 11.9 Å². The van der Waals surface area contributed by atoms with Crippen LogP contribution in [0.2, 0.25) is 0 Å². The summed E-state index contributed by atoms with van der Waals surface area (Å²) in [4.78, 5) is 23.0. The Morgan fingerprint density at radius 1 is 0.676 bits per heavy atom. The molecule has 0 bridgehead atoms. The summed E-state index contributed by atoms with van der Waals surface area (Å²) in [6.45, 7) is 8.58. The number of hydrogen-bond acceptors (Lipinski definition) is 5. The molecule has 3 aromatic carbocycles. The summed E-state index contributed by atoms with van der Waals surface area (Å²) in [7, 11) is 0. The third-order valence-electron chi connectivity index (χ3n) is 5.05. The molecule has 0 N–H and O–H groups in total. The molecule has 0 aliphatic heterocycles. The Kier molecular flexibility index (Phi) is 6.55. The van der Waals surface area contributed by atoms with Crippen LogP contribution in [0.15, 0.2) is 114 Å².